The molecule has 1 aliphatic heterocycles. The molecule has 2 heterocycles. The van der Waals surface area contributed by atoms with Crippen molar-refractivity contribution in [1.82, 2.24) is 15.2 Å². The van der Waals surface area contributed by atoms with Crippen molar-refractivity contribution >= 4 is 5.91 Å². The molecular weight excluding hydrogens is 392 g/mol. The van der Waals surface area contributed by atoms with E-state index in [2.05, 4.69) is 15.2 Å². The smallest absolute Gasteiger partial charge is 0.315 e. The zero-order chi connectivity index (χ0) is 21.5. The number of benzene rings is 1. The van der Waals surface area contributed by atoms with Gasteiger partial charge in [0.05, 0.1) is 26.0 Å². The number of nitrogens with one attached hydrogen (secondary N) is 1. The molecular formula is C22H27F2N3O3. The fourth-order valence-electron chi connectivity index (χ4n) is 3.89. The molecule has 1 aliphatic rings. The van der Waals surface area contributed by atoms with Gasteiger partial charge in [0.25, 0.3) is 5.91 Å². The first-order valence-electron chi connectivity index (χ1n) is 9.94. The zero-order valence-electron chi connectivity index (χ0n) is 17.2. The average Bonchev–Trinajstić information content (AvgIpc) is 2.78. The summed E-state index contributed by atoms with van der Waals surface area (Å²) in [6.45, 7) is 2.35. The second kappa shape index (κ2) is 10.3. The number of carbonyl (C=O) groups is 1. The Balaban J connectivity index is 1.64. The van der Waals surface area contributed by atoms with Crippen LogP contribution in [0.5, 0.6) is 11.5 Å². The highest BCUT2D eigenvalue weighted by Gasteiger charge is 2.31. The molecule has 1 amide bonds. The number of halogens is 2. The van der Waals surface area contributed by atoms with Crippen molar-refractivity contribution < 1.29 is 23.0 Å². The number of amides is 1. The fourth-order valence-corrected chi connectivity index (χ4v) is 3.89. The van der Waals surface area contributed by atoms with Crippen LogP contribution >= 0.6 is 0 Å². The van der Waals surface area contributed by atoms with Crippen molar-refractivity contribution in [2.24, 2.45) is 5.92 Å². The Morgan fingerprint density at radius 2 is 1.90 bits per heavy atom. The van der Waals surface area contributed by atoms with E-state index in [0.717, 1.165) is 38.0 Å². The number of carbonyl (C=O) groups excluding carboxylic acids is 1. The van der Waals surface area contributed by atoms with Crippen LogP contribution in [0.25, 0.3) is 0 Å². The number of alkyl halides is 2. The fraction of sp³-hybridized carbons (Fsp3) is 0.455. The lowest BCUT2D eigenvalue weighted by molar-refractivity contribution is -0.133. The van der Waals surface area contributed by atoms with Gasteiger partial charge in [-0.2, -0.15) is 8.78 Å². The molecule has 1 aromatic carbocycles. The van der Waals surface area contributed by atoms with Crippen LogP contribution in [0.1, 0.15) is 30.1 Å². The van der Waals surface area contributed by atoms with Gasteiger partial charge in [-0.25, -0.2) is 0 Å². The number of methoxy groups -OCH3 is 2. The van der Waals surface area contributed by atoms with E-state index in [4.69, 9.17) is 9.47 Å². The van der Waals surface area contributed by atoms with Gasteiger partial charge in [-0.1, -0.05) is 12.1 Å². The molecule has 1 atom stereocenters. The van der Waals surface area contributed by atoms with Gasteiger partial charge < -0.3 is 14.8 Å². The van der Waals surface area contributed by atoms with Crippen molar-refractivity contribution in [2.75, 3.05) is 27.3 Å². The molecule has 162 valence electrons. The minimum atomic E-state index is -3.04. The molecule has 0 aliphatic carbocycles. The molecule has 1 N–H and O–H groups in total. The number of rotatable bonds is 8. The van der Waals surface area contributed by atoms with Crippen LogP contribution in [-0.4, -0.2) is 49.5 Å². The van der Waals surface area contributed by atoms with Crippen molar-refractivity contribution in [3.8, 4) is 11.5 Å². The Morgan fingerprint density at radius 1 is 1.17 bits per heavy atom. The van der Waals surface area contributed by atoms with Crippen molar-refractivity contribution in [2.45, 2.75) is 31.9 Å². The van der Waals surface area contributed by atoms with E-state index in [-0.39, 0.29) is 5.92 Å². The summed E-state index contributed by atoms with van der Waals surface area (Å²) in [5.74, 6) is 0.172. The second-order valence-corrected chi connectivity index (χ2v) is 7.34. The normalized spacial score (nSPS) is 16.3. The van der Waals surface area contributed by atoms with Crippen molar-refractivity contribution in [3.63, 3.8) is 0 Å². The Bertz CT molecular complexity index is 828. The van der Waals surface area contributed by atoms with Gasteiger partial charge in [0.15, 0.2) is 11.5 Å². The predicted molar refractivity (Wildman–Crippen MR) is 109 cm³/mol. The van der Waals surface area contributed by atoms with Gasteiger partial charge in [0.1, 0.15) is 0 Å². The minimum Gasteiger partial charge on any atom is -0.493 e. The number of pyridine rings is 1. The maximum atomic E-state index is 12.8. The van der Waals surface area contributed by atoms with E-state index in [1.165, 1.54) is 0 Å². The maximum Gasteiger partial charge on any atom is 0.315 e. The summed E-state index contributed by atoms with van der Waals surface area (Å²) in [6.07, 6.45) is 0.125. The van der Waals surface area contributed by atoms with Gasteiger partial charge in [0, 0.05) is 12.7 Å². The molecule has 0 spiro atoms. The number of likely N-dealkylation sites (tertiary alicyclic amines) is 1. The number of hydrogen-bond acceptors (Lipinski definition) is 5. The first-order chi connectivity index (χ1) is 14.5. The van der Waals surface area contributed by atoms with Crippen LogP contribution in [0.2, 0.25) is 0 Å². The predicted octanol–water partition coefficient (Wildman–Crippen LogP) is 3.43. The minimum absolute atomic E-state index is 0.0456. The summed E-state index contributed by atoms with van der Waals surface area (Å²) in [6, 6.07) is 10.7. The summed E-state index contributed by atoms with van der Waals surface area (Å²) in [5.41, 5.74) is 1.73. The standard InChI is InChI=1S/C22H27F2N3O3/c1-29-18-7-6-15(13-19(18)30-2)14-27-11-8-16(9-12-27)20(26-22(28)21(23)24)17-5-3-4-10-25-17/h3-7,10,13,16,20-21H,8-9,11-12,14H2,1-2H3,(H,26,28)/t20-/m0/s1. The molecule has 8 heteroatoms. The Kier molecular flexibility index (Phi) is 7.57. The van der Waals surface area contributed by atoms with Crippen LogP contribution in [0.3, 0.4) is 0 Å². The van der Waals surface area contributed by atoms with Gasteiger partial charge in [-0.05, 0) is 61.7 Å². The Labute approximate surface area is 175 Å². The second-order valence-electron chi connectivity index (χ2n) is 7.34. The molecule has 1 fully saturated rings. The van der Waals surface area contributed by atoms with E-state index in [0.29, 0.717) is 17.2 Å². The van der Waals surface area contributed by atoms with Crippen LogP contribution in [-0.2, 0) is 11.3 Å². The van der Waals surface area contributed by atoms with Crippen LogP contribution < -0.4 is 14.8 Å². The van der Waals surface area contributed by atoms with Gasteiger partial charge in [-0.3, -0.25) is 14.7 Å². The third kappa shape index (κ3) is 5.44. The summed E-state index contributed by atoms with van der Waals surface area (Å²) >= 11 is 0. The summed E-state index contributed by atoms with van der Waals surface area (Å²) in [5, 5.41) is 2.49. The number of nitrogens with zero attached hydrogens (tertiary/aromatic N) is 2. The molecule has 0 radical (unpaired) electrons. The number of hydrogen-bond donors (Lipinski definition) is 1. The highest BCUT2D eigenvalue weighted by molar-refractivity contribution is 5.79. The van der Waals surface area contributed by atoms with Crippen molar-refractivity contribution in [3.05, 3.63) is 53.9 Å². The molecule has 1 saturated heterocycles. The third-order valence-electron chi connectivity index (χ3n) is 5.46. The number of aromatic nitrogens is 1. The summed E-state index contributed by atoms with van der Waals surface area (Å²) in [7, 11) is 3.21. The van der Waals surface area contributed by atoms with E-state index in [1.807, 2.05) is 18.2 Å². The Morgan fingerprint density at radius 3 is 2.50 bits per heavy atom. The average molecular weight is 419 g/mol. The highest BCUT2D eigenvalue weighted by Crippen LogP contribution is 2.32. The van der Waals surface area contributed by atoms with Crippen LogP contribution in [0.15, 0.2) is 42.6 Å². The molecule has 30 heavy (non-hydrogen) atoms. The van der Waals surface area contributed by atoms with Gasteiger partial charge in [0.2, 0.25) is 0 Å². The Hall–Kier alpha value is -2.74. The SMILES string of the molecule is COc1ccc(CN2CCC([C@H](NC(=O)C(F)F)c3ccccn3)CC2)cc1OC. The lowest BCUT2D eigenvalue weighted by atomic mass is 9.87. The van der Waals surface area contributed by atoms with E-state index >= 15 is 0 Å². The van der Waals surface area contributed by atoms with E-state index in [1.54, 1.807) is 38.6 Å². The maximum absolute atomic E-state index is 12.8. The van der Waals surface area contributed by atoms with Crippen molar-refractivity contribution in [1.29, 1.82) is 0 Å². The number of ether oxygens (including phenoxy) is 2. The molecule has 1 aromatic heterocycles. The topological polar surface area (TPSA) is 63.7 Å². The van der Waals surface area contributed by atoms with Gasteiger partial charge in [-0.15, -0.1) is 0 Å². The summed E-state index contributed by atoms with van der Waals surface area (Å²) < 4.78 is 36.3. The van der Waals surface area contributed by atoms with Gasteiger partial charge >= 0.3 is 6.43 Å². The molecule has 0 bridgehead atoms. The monoisotopic (exact) mass is 419 g/mol. The molecule has 3 rings (SSSR count). The molecule has 0 saturated carbocycles. The quantitative estimate of drug-likeness (QED) is 0.710. The molecule has 6 nitrogen and oxygen atoms in total. The lowest BCUT2D eigenvalue weighted by Gasteiger charge is -2.36. The largest absolute Gasteiger partial charge is 0.493 e. The lowest BCUT2D eigenvalue weighted by Crippen LogP contribution is -2.42. The molecule has 2 aromatic rings. The van der Waals surface area contributed by atoms with E-state index < -0.39 is 18.4 Å². The van der Waals surface area contributed by atoms with Crippen LogP contribution in [0.4, 0.5) is 8.78 Å². The first-order valence-corrected chi connectivity index (χ1v) is 9.94. The third-order valence-corrected chi connectivity index (χ3v) is 5.46. The van der Waals surface area contributed by atoms with Crippen LogP contribution in [0, 0.1) is 5.92 Å². The highest BCUT2D eigenvalue weighted by atomic mass is 19.3. The first kappa shape index (κ1) is 22.0. The number of piperidine rings is 1. The molecule has 0 unspecified atom stereocenters. The zero-order valence-corrected chi connectivity index (χ0v) is 17.2. The summed E-state index contributed by atoms with van der Waals surface area (Å²) in [4.78, 5) is 18.3. The van der Waals surface area contributed by atoms with E-state index in [9.17, 15) is 13.6 Å².